The van der Waals surface area contributed by atoms with Crippen molar-refractivity contribution in [1.82, 2.24) is 0 Å². The van der Waals surface area contributed by atoms with Crippen molar-refractivity contribution in [2.45, 2.75) is 76.0 Å². The summed E-state index contributed by atoms with van der Waals surface area (Å²) in [5.74, 6) is -4.32. The molecule has 10 nitrogen and oxygen atoms in total. The van der Waals surface area contributed by atoms with E-state index in [0.717, 1.165) is 0 Å². The number of carbonyl (C=O) groups is 3. The van der Waals surface area contributed by atoms with Gasteiger partial charge in [0.05, 0.1) is 16.7 Å². The summed E-state index contributed by atoms with van der Waals surface area (Å²) in [6.45, 7) is 7.14. The van der Waals surface area contributed by atoms with Crippen LogP contribution in [0.3, 0.4) is 0 Å². The molecule has 2 spiro atoms. The lowest BCUT2D eigenvalue weighted by atomic mass is 9.51. The van der Waals surface area contributed by atoms with E-state index in [2.05, 4.69) is 0 Å². The SMILES string of the molecule is C[C@@H]1C(=O)O[C@H]2[C@@H](O)[C@]34[C@@H]5C[C@@H](C(C)(C)C)[C@]36[C@H](OC(=O)[C@H]6O)O[C@@]4(C(=O)O5)[C@]12O. The monoisotopic (exact) mass is 424 g/mol. The second kappa shape index (κ2) is 4.69. The largest absolute Gasteiger partial charge is 0.459 e. The first-order valence-corrected chi connectivity index (χ1v) is 10.2. The Morgan fingerprint density at radius 2 is 1.70 bits per heavy atom. The lowest BCUT2D eigenvalue weighted by Gasteiger charge is -2.47. The number of aliphatic hydroxyl groups is 3. The van der Waals surface area contributed by atoms with Crippen LogP contribution >= 0.6 is 0 Å². The summed E-state index contributed by atoms with van der Waals surface area (Å²) in [5.41, 5.74) is -8.26. The van der Waals surface area contributed by atoms with Crippen LogP contribution in [0.4, 0.5) is 0 Å². The summed E-state index contributed by atoms with van der Waals surface area (Å²) in [7, 11) is 0. The van der Waals surface area contributed by atoms with E-state index in [9.17, 15) is 29.7 Å². The first-order chi connectivity index (χ1) is 13.8. The van der Waals surface area contributed by atoms with Gasteiger partial charge in [-0.1, -0.05) is 20.8 Å². The quantitative estimate of drug-likeness (QED) is 0.314. The smallest absolute Gasteiger partial charge is 0.343 e. The number of aliphatic hydroxyl groups excluding tert-OH is 2. The molecule has 164 valence electrons. The molecule has 30 heavy (non-hydrogen) atoms. The van der Waals surface area contributed by atoms with Gasteiger partial charge in [0.25, 0.3) is 0 Å². The topological polar surface area (TPSA) is 149 Å². The van der Waals surface area contributed by atoms with Gasteiger partial charge < -0.3 is 34.3 Å². The lowest BCUT2D eigenvalue weighted by Crippen LogP contribution is -2.67. The highest BCUT2D eigenvalue weighted by atomic mass is 16.8. The Morgan fingerprint density at radius 3 is 2.33 bits per heavy atom. The van der Waals surface area contributed by atoms with Crippen LogP contribution in [0.2, 0.25) is 0 Å². The zero-order valence-corrected chi connectivity index (χ0v) is 16.9. The molecule has 11 atom stereocenters. The number of hydrogen-bond acceptors (Lipinski definition) is 10. The second-order valence-corrected chi connectivity index (χ2v) is 10.7. The first kappa shape index (κ1) is 19.0. The minimum absolute atomic E-state index is 0.229. The Hall–Kier alpha value is -1.75. The minimum atomic E-state index is -2.24. The molecule has 0 aromatic rings. The third kappa shape index (κ3) is 1.33. The van der Waals surface area contributed by atoms with Crippen molar-refractivity contribution < 1.29 is 48.7 Å². The Kier molecular flexibility index (Phi) is 2.97. The maximum absolute atomic E-state index is 13.4. The van der Waals surface area contributed by atoms with Crippen molar-refractivity contribution in [2.24, 2.45) is 28.1 Å². The van der Waals surface area contributed by atoms with E-state index in [4.69, 9.17) is 18.9 Å². The maximum Gasteiger partial charge on any atom is 0.343 e. The van der Waals surface area contributed by atoms with Crippen molar-refractivity contribution in [3.05, 3.63) is 0 Å². The number of hydrogen-bond donors (Lipinski definition) is 3. The van der Waals surface area contributed by atoms with Crippen LogP contribution in [-0.2, 0) is 33.3 Å². The van der Waals surface area contributed by atoms with Gasteiger partial charge in [-0.2, -0.15) is 0 Å². The zero-order chi connectivity index (χ0) is 21.8. The Bertz CT molecular complexity index is 925. The van der Waals surface area contributed by atoms with Crippen molar-refractivity contribution in [2.75, 3.05) is 0 Å². The van der Waals surface area contributed by atoms with Crippen molar-refractivity contribution >= 4 is 17.9 Å². The Balaban J connectivity index is 1.72. The summed E-state index contributed by atoms with van der Waals surface area (Å²) < 4.78 is 22.5. The Labute approximate surface area is 171 Å². The van der Waals surface area contributed by atoms with E-state index in [-0.39, 0.29) is 6.42 Å². The molecular weight excluding hydrogens is 400 g/mol. The van der Waals surface area contributed by atoms with Crippen LogP contribution < -0.4 is 0 Å². The molecule has 6 fully saturated rings. The molecule has 0 aromatic heterocycles. The lowest BCUT2D eigenvalue weighted by molar-refractivity contribution is -0.239. The van der Waals surface area contributed by atoms with E-state index in [1.165, 1.54) is 6.92 Å². The van der Waals surface area contributed by atoms with Crippen LogP contribution in [-0.4, -0.2) is 75.1 Å². The molecule has 0 bridgehead atoms. The van der Waals surface area contributed by atoms with Crippen molar-refractivity contribution in [1.29, 1.82) is 0 Å². The summed E-state index contributed by atoms with van der Waals surface area (Å²) in [5, 5.41) is 34.7. The summed E-state index contributed by atoms with van der Waals surface area (Å²) in [6, 6.07) is 0. The molecule has 2 saturated carbocycles. The van der Waals surface area contributed by atoms with Gasteiger partial charge in [0.2, 0.25) is 11.9 Å². The fraction of sp³-hybridized carbons (Fsp3) is 0.850. The summed E-state index contributed by atoms with van der Waals surface area (Å²) in [4.78, 5) is 38.2. The average molecular weight is 424 g/mol. The molecule has 4 aliphatic heterocycles. The second-order valence-electron chi connectivity index (χ2n) is 10.7. The van der Waals surface area contributed by atoms with Crippen LogP contribution in [0.15, 0.2) is 0 Å². The molecule has 0 unspecified atom stereocenters. The molecule has 0 aromatic carbocycles. The fourth-order valence-corrected chi connectivity index (χ4v) is 8.12. The average Bonchev–Trinajstić information content (AvgIpc) is 3.35. The van der Waals surface area contributed by atoms with E-state index < -0.39 is 87.9 Å². The van der Waals surface area contributed by atoms with Gasteiger partial charge in [-0.15, -0.1) is 0 Å². The summed E-state index contributed by atoms with van der Waals surface area (Å²) >= 11 is 0. The van der Waals surface area contributed by atoms with Crippen LogP contribution in [0.5, 0.6) is 0 Å². The predicted octanol–water partition coefficient (Wildman–Crippen LogP) is -1.37. The molecule has 6 rings (SSSR count). The van der Waals surface area contributed by atoms with Crippen molar-refractivity contribution in [3.63, 3.8) is 0 Å². The highest BCUT2D eigenvalue weighted by Gasteiger charge is 3.03. The van der Waals surface area contributed by atoms with E-state index >= 15 is 0 Å². The number of ether oxygens (including phenoxy) is 4. The molecular formula is C20H24O10. The molecule has 4 heterocycles. The van der Waals surface area contributed by atoms with Crippen molar-refractivity contribution in [3.8, 4) is 0 Å². The Morgan fingerprint density at radius 1 is 1.03 bits per heavy atom. The van der Waals surface area contributed by atoms with Crippen LogP contribution in [0, 0.1) is 28.1 Å². The van der Waals surface area contributed by atoms with Gasteiger partial charge in [0.15, 0.2) is 17.8 Å². The predicted molar refractivity (Wildman–Crippen MR) is 92.0 cm³/mol. The number of rotatable bonds is 0. The van der Waals surface area contributed by atoms with Gasteiger partial charge in [0.1, 0.15) is 12.2 Å². The highest BCUT2D eigenvalue weighted by molar-refractivity contribution is 5.94. The maximum atomic E-state index is 13.4. The van der Waals surface area contributed by atoms with Gasteiger partial charge in [-0.3, -0.25) is 4.79 Å². The molecule has 10 heteroatoms. The van der Waals surface area contributed by atoms with E-state index in [1.807, 2.05) is 20.8 Å². The molecule has 4 saturated heterocycles. The molecule has 0 amide bonds. The zero-order valence-electron chi connectivity index (χ0n) is 16.9. The van der Waals surface area contributed by atoms with Crippen LogP contribution in [0.1, 0.15) is 34.1 Å². The molecule has 0 radical (unpaired) electrons. The molecule has 3 N–H and O–H groups in total. The fourth-order valence-electron chi connectivity index (χ4n) is 8.12. The van der Waals surface area contributed by atoms with E-state index in [0.29, 0.717) is 0 Å². The third-order valence-electron chi connectivity index (χ3n) is 9.00. The van der Waals surface area contributed by atoms with E-state index in [1.54, 1.807) is 0 Å². The normalized spacial score (nSPS) is 60.1. The van der Waals surface area contributed by atoms with Gasteiger partial charge in [-0.25, -0.2) is 9.59 Å². The van der Waals surface area contributed by atoms with Gasteiger partial charge in [0, 0.05) is 0 Å². The number of esters is 3. The number of carbonyl (C=O) groups excluding carboxylic acids is 3. The standard InChI is InChI=1S/C20H24O10/c1-6-12(23)28-11-9(21)18-8-5-7(16(2,3)4)17(18)10(22)13(24)29-15(17)30-20(18,14(25)27-8)19(6,11)26/h6-11,15,21-22,26H,5H2,1-4H3/t6-,7+,8+,9-,10-,11+,15-,17+,18-,19+,20-/m1/s1. The summed E-state index contributed by atoms with van der Waals surface area (Å²) in [6.07, 6.45) is -6.91. The van der Waals surface area contributed by atoms with Gasteiger partial charge in [-0.05, 0) is 24.7 Å². The molecule has 6 aliphatic rings. The third-order valence-corrected chi connectivity index (χ3v) is 9.00. The van der Waals surface area contributed by atoms with Gasteiger partial charge >= 0.3 is 17.9 Å². The first-order valence-electron chi connectivity index (χ1n) is 10.2. The van der Waals surface area contributed by atoms with Crippen LogP contribution in [0.25, 0.3) is 0 Å². The number of fused-ring (bicyclic) bond motifs is 1. The minimum Gasteiger partial charge on any atom is -0.459 e. The highest BCUT2D eigenvalue weighted by Crippen LogP contribution is 2.84. The molecule has 2 aliphatic carbocycles.